The van der Waals surface area contributed by atoms with Crippen LogP contribution < -0.4 is 15.4 Å². The van der Waals surface area contributed by atoms with Gasteiger partial charge in [0.2, 0.25) is 0 Å². The summed E-state index contributed by atoms with van der Waals surface area (Å²) in [5.74, 6) is 0.737. The molecule has 0 aliphatic heterocycles. The van der Waals surface area contributed by atoms with Crippen molar-refractivity contribution in [3.05, 3.63) is 42.2 Å². The number of benzene rings is 1. The van der Waals surface area contributed by atoms with Crippen molar-refractivity contribution >= 4 is 29.9 Å². The molecule has 1 aromatic carbocycles. The molecule has 0 saturated heterocycles. The lowest BCUT2D eigenvalue weighted by Gasteiger charge is -2.19. The highest BCUT2D eigenvalue weighted by atomic mass is 127. The van der Waals surface area contributed by atoms with Crippen LogP contribution in [-0.4, -0.2) is 31.2 Å². The van der Waals surface area contributed by atoms with E-state index in [0.29, 0.717) is 12.6 Å². The van der Waals surface area contributed by atoms with Crippen molar-refractivity contribution < 1.29 is 9.13 Å². The van der Waals surface area contributed by atoms with Gasteiger partial charge in [0.25, 0.3) is 0 Å². The zero-order valence-corrected chi connectivity index (χ0v) is 16.6. The third-order valence-corrected chi connectivity index (χ3v) is 3.73. The average molecular weight is 447 g/mol. The maximum atomic E-state index is 13.7. The Hall–Kier alpha value is -1.31. The first-order valence-electron chi connectivity index (χ1n) is 8.34. The largest absolute Gasteiger partial charge is 0.485 e. The Morgan fingerprint density at radius 2 is 2.00 bits per heavy atom. The summed E-state index contributed by atoms with van der Waals surface area (Å²) in [6, 6.07) is 6.89. The van der Waals surface area contributed by atoms with E-state index in [1.54, 1.807) is 18.2 Å². The summed E-state index contributed by atoms with van der Waals surface area (Å²) >= 11 is 0. The Labute approximate surface area is 161 Å². The Balaban J connectivity index is 0.00000288. The monoisotopic (exact) mass is 447 g/mol. The maximum absolute atomic E-state index is 13.7. The first-order valence-corrected chi connectivity index (χ1v) is 8.34. The molecule has 0 fully saturated rings. The topological polar surface area (TPSA) is 45.7 Å². The molecule has 2 rings (SSSR count). The number of guanidine groups is 1. The molecule has 0 spiro atoms. The van der Waals surface area contributed by atoms with E-state index in [0.717, 1.165) is 31.8 Å². The lowest BCUT2D eigenvalue weighted by atomic mass is 10.2. The Morgan fingerprint density at radius 1 is 1.29 bits per heavy atom. The van der Waals surface area contributed by atoms with Crippen molar-refractivity contribution in [1.82, 2.24) is 10.6 Å². The van der Waals surface area contributed by atoms with Gasteiger partial charge in [0, 0.05) is 12.6 Å². The SMILES string of the molecule is CCNC(=NCC(CC)Oc1ccccc1F)NC1CC=CC1.I. The van der Waals surface area contributed by atoms with Crippen LogP contribution >= 0.6 is 24.0 Å². The molecule has 0 aromatic heterocycles. The molecule has 1 unspecified atom stereocenters. The lowest BCUT2D eigenvalue weighted by Crippen LogP contribution is -2.43. The molecule has 0 heterocycles. The van der Waals surface area contributed by atoms with Crippen LogP contribution in [0.15, 0.2) is 41.4 Å². The van der Waals surface area contributed by atoms with Crippen LogP contribution in [0.25, 0.3) is 0 Å². The van der Waals surface area contributed by atoms with E-state index in [1.807, 2.05) is 13.8 Å². The van der Waals surface area contributed by atoms with Crippen molar-refractivity contribution in [2.24, 2.45) is 4.99 Å². The van der Waals surface area contributed by atoms with Crippen molar-refractivity contribution in [2.75, 3.05) is 13.1 Å². The molecule has 0 radical (unpaired) electrons. The number of nitrogens with one attached hydrogen (secondary N) is 2. The van der Waals surface area contributed by atoms with E-state index in [-0.39, 0.29) is 41.6 Å². The van der Waals surface area contributed by atoms with Crippen LogP contribution in [0.5, 0.6) is 5.75 Å². The summed E-state index contributed by atoms with van der Waals surface area (Å²) in [5.41, 5.74) is 0. The smallest absolute Gasteiger partial charge is 0.191 e. The van der Waals surface area contributed by atoms with Gasteiger partial charge in [-0.2, -0.15) is 0 Å². The highest BCUT2D eigenvalue weighted by molar-refractivity contribution is 14.0. The van der Waals surface area contributed by atoms with Gasteiger partial charge in [0.05, 0.1) is 6.54 Å². The highest BCUT2D eigenvalue weighted by Gasteiger charge is 2.14. The number of aliphatic imine (C=N–C) groups is 1. The summed E-state index contributed by atoms with van der Waals surface area (Å²) in [4.78, 5) is 4.59. The minimum atomic E-state index is -0.336. The molecule has 1 aromatic rings. The Bertz CT molecular complexity index is 543. The van der Waals surface area contributed by atoms with Gasteiger partial charge >= 0.3 is 0 Å². The molecule has 0 saturated carbocycles. The number of hydrogen-bond acceptors (Lipinski definition) is 2. The molecule has 0 amide bonds. The number of rotatable bonds is 7. The summed E-state index contributed by atoms with van der Waals surface area (Å²) < 4.78 is 19.4. The number of nitrogens with zero attached hydrogens (tertiary/aromatic N) is 1. The molecule has 24 heavy (non-hydrogen) atoms. The molecule has 4 nitrogen and oxygen atoms in total. The molecule has 1 atom stereocenters. The van der Waals surface area contributed by atoms with Crippen LogP contribution in [-0.2, 0) is 0 Å². The van der Waals surface area contributed by atoms with Crippen molar-refractivity contribution in [3.63, 3.8) is 0 Å². The number of ether oxygens (including phenoxy) is 1. The minimum Gasteiger partial charge on any atom is -0.485 e. The number of para-hydroxylation sites is 1. The van der Waals surface area contributed by atoms with Gasteiger partial charge in [0.1, 0.15) is 6.10 Å². The van der Waals surface area contributed by atoms with Gasteiger partial charge < -0.3 is 15.4 Å². The molecular weight excluding hydrogens is 420 g/mol. The van der Waals surface area contributed by atoms with Gasteiger partial charge in [-0.3, -0.25) is 0 Å². The van der Waals surface area contributed by atoms with Crippen molar-refractivity contribution in [1.29, 1.82) is 0 Å². The predicted octanol–water partition coefficient (Wildman–Crippen LogP) is 3.87. The van der Waals surface area contributed by atoms with E-state index in [1.165, 1.54) is 6.07 Å². The van der Waals surface area contributed by atoms with Gasteiger partial charge in [-0.15, -0.1) is 24.0 Å². The lowest BCUT2D eigenvalue weighted by molar-refractivity contribution is 0.196. The Morgan fingerprint density at radius 3 is 2.62 bits per heavy atom. The number of halogens is 2. The van der Waals surface area contributed by atoms with Crippen molar-refractivity contribution in [2.45, 2.75) is 45.3 Å². The maximum Gasteiger partial charge on any atom is 0.191 e. The fraction of sp³-hybridized carbons (Fsp3) is 0.500. The Kier molecular flexibility index (Phi) is 9.75. The van der Waals surface area contributed by atoms with E-state index in [9.17, 15) is 4.39 Å². The summed E-state index contributed by atoms with van der Waals surface area (Å²) in [6.07, 6.45) is 7.02. The van der Waals surface area contributed by atoms with Crippen LogP contribution in [0.2, 0.25) is 0 Å². The number of hydrogen-bond donors (Lipinski definition) is 2. The zero-order valence-electron chi connectivity index (χ0n) is 14.3. The van der Waals surface area contributed by atoms with E-state index < -0.39 is 0 Å². The van der Waals surface area contributed by atoms with Gasteiger partial charge in [0.15, 0.2) is 17.5 Å². The standard InChI is InChI=1S/C18H26FN3O.HI/c1-3-15(23-17-12-8-7-11-16(17)19)13-21-18(20-4-2)22-14-9-5-6-10-14;/h5-8,11-12,14-15H,3-4,9-10,13H2,1-2H3,(H2,20,21,22);1H. The van der Waals surface area contributed by atoms with Crippen LogP contribution in [0.3, 0.4) is 0 Å². The molecule has 134 valence electrons. The summed E-state index contributed by atoms with van der Waals surface area (Å²) in [6.45, 7) is 5.34. The molecule has 1 aliphatic rings. The molecule has 6 heteroatoms. The van der Waals surface area contributed by atoms with E-state index in [2.05, 4.69) is 27.8 Å². The van der Waals surface area contributed by atoms with E-state index >= 15 is 0 Å². The average Bonchev–Trinajstić information content (AvgIpc) is 3.06. The van der Waals surface area contributed by atoms with Crippen LogP contribution in [0, 0.1) is 5.82 Å². The summed E-state index contributed by atoms with van der Waals surface area (Å²) in [7, 11) is 0. The summed E-state index contributed by atoms with van der Waals surface area (Å²) in [5, 5.41) is 6.66. The first-order chi connectivity index (χ1) is 11.2. The van der Waals surface area contributed by atoms with Crippen LogP contribution in [0.4, 0.5) is 4.39 Å². The third-order valence-electron chi connectivity index (χ3n) is 3.73. The second-order valence-electron chi connectivity index (χ2n) is 5.58. The highest BCUT2D eigenvalue weighted by Crippen LogP contribution is 2.18. The van der Waals surface area contributed by atoms with Crippen molar-refractivity contribution in [3.8, 4) is 5.75 Å². The minimum absolute atomic E-state index is 0. The molecule has 2 N–H and O–H groups in total. The van der Waals surface area contributed by atoms with E-state index in [4.69, 9.17) is 4.74 Å². The first kappa shape index (κ1) is 20.7. The predicted molar refractivity (Wildman–Crippen MR) is 108 cm³/mol. The fourth-order valence-corrected chi connectivity index (χ4v) is 2.41. The molecular formula is C18H27FIN3O. The fourth-order valence-electron chi connectivity index (χ4n) is 2.41. The normalized spacial score (nSPS) is 15.7. The quantitative estimate of drug-likeness (QED) is 0.289. The van der Waals surface area contributed by atoms with Gasteiger partial charge in [-0.05, 0) is 38.3 Å². The second kappa shape index (κ2) is 11.3. The zero-order chi connectivity index (χ0) is 16.5. The van der Waals surface area contributed by atoms with Crippen LogP contribution in [0.1, 0.15) is 33.1 Å². The third kappa shape index (κ3) is 6.67. The van der Waals surface area contributed by atoms with Gasteiger partial charge in [-0.25, -0.2) is 9.38 Å². The molecule has 0 bridgehead atoms. The molecule has 1 aliphatic carbocycles. The van der Waals surface area contributed by atoms with Gasteiger partial charge in [-0.1, -0.05) is 31.2 Å². The second-order valence-corrected chi connectivity index (χ2v) is 5.58.